The topological polar surface area (TPSA) is 87.7 Å². The Morgan fingerprint density at radius 3 is 2.63 bits per heavy atom. The van der Waals surface area contributed by atoms with E-state index in [1.165, 1.54) is 12.1 Å². The number of ether oxygens (including phenoxy) is 1. The van der Waals surface area contributed by atoms with E-state index in [9.17, 15) is 14.0 Å². The van der Waals surface area contributed by atoms with Crippen LogP contribution in [0.25, 0.3) is 0 Å². The van der Waals surface area contributed by atoms with E-state index < -0.39 is 5.97 Å². The van der Waals surface area contributed by atoms with Crippen LogP contribution in [-0.2, 0) is 14.9 Å². The van der Waals surface area contributed by atoms with Crippen molar-refractivity contribution in [3.63, 3.8) is 0 Å². The van der Waals surface area contributed by atoms with Crippen LogP contribution >= 0.6 is 0 Å². The lowest BCUT2D eigenvalue weighted by molar-refractivity contribution is -0.134. The van der Waals surface area contributed by atoms with Crippen molar-refractivity contribution in [1.29, 1.82) is 0 Å². The van der Waals surface area contributed by atoms with E-state index in [0.717, 1.165) is 12.0 Å². The molecule has 1 heterocycles. The highest BCUT2D eigenvalue weighted by atomic mass is 19.1. The van der Waals surface area contributed by atoms with E-state index in [2.05, 4.69) is 10.6 Å². The number of anilines is 1. The number of hydrogen-bond donors (Lipinski definition) is 3. The van der Waals surface area contributed by atoms with Gasteiger partial charge in [-0.1, -0.05) is 18.2 Å². The standard InChI is InChI=1S/C20H21FN2O4/c21-16-6-4-15(5-7-16)20(8-9-27-13-20)12-23-19(26)14-2-1-3-17(10-14)22-11-18(24)25/h1-7,10,22H,8-9,11-13H2,(H,23,26)(H,24,25)/t20-/m1/s1. The fourth-order valence-electron chi connectivity index (χ4n) is 3.18. The molecule has 1 aliphatic heterocycles. The molecule has 1 amide bonds. The second kappa shape index (κ2) is 8.18. The Labute approximate surface area is 156 Å². The summed E-state index contributed by atoms with van der Waals surface area (Å²) >= 11 is 0. The number of aliphatic carboxylic acids is 1. The Balaban J connectivity index is 1.69. The highest BCUT2D eigenvalue weighted by Gasteiger charge is 2.37. The number of benzene rings is 2. The molecule has 142 valence electrons. The Hall–Kier alpha value is -2.93. The van der Waals surface area contributed by atoms with Crippen molar-refractivity contribution in [2.75, 3.05) is 31.6 Å². The van der Waals surface area contributed by atoms with Gasteiger partial charge in [0, 0.05) is 29.8 Å². The van der Waals surface area contributed by atoms with Crippen LogP contribution in [-0.4, -0.2) is 43.3 Å². The zero-order valence-corrected chi connectivity index (χ0v) is 14.7. The van der Waals surface area contributed by atoms with Crippen molar-refractivity contribution in [1.82, 2.24) is 5.32 Å². The van der Waals surface area contributed by atoms with Gasteiger partial charge in [-0.3, -0.25) is 9.59 Å². The predicted molar refractivity (Wildman–Crippen MR) is 98.4 cm³/mol. The molecule has 2 aromatic carbocycles. The van der Waals surface area contributed by atoms with Gasteiger partial charge in [0.2, 0.25) is 0 Å². The van der Waals surface area contributed by atoms with Gasteiger partial charge in [-0.15, -0.1) is 0 Å². The van der Waals surface area contributed by atoms with E-state index in [4.69, 9.17) is 9.84 Å². The molecule has 1 aliphatic rings. The average molecular weight is 372 g/mol. The maximum atomic E-state index is 13.2. The van der Waals surface area contributed by atoms with E-state index >= 15 is 0 Å². The van der Waals surface area contributed by atoms with Crippen LogP contribution in [0.5, 0.6) is 0 Å². The number of carbonyl (C=O) groups is 2. The second-order valence-electron chi connectivity index (χ2n) is 6.60. The highest BCUT2D eigenvalue weighted by molar-refractivity contribution is 5.95. The predicted octanol–water partition coefficient (Wildman–Crippen LogP) is 2.41. The van der Waals surface area contributed by atoms with Gasteiger partial charge in [0.1, 0.15) is 12.4 Å². The molecule has 3 rings (SSSR count). The normalized spacial score (nSPS) is 18.9. The first kappa shape index (κ1) is 18.8. The largest absolute Gasteiger partial charge is 0.480 e. The molecular weight excluding hydrogens is 351 g/mol. The minimum absolute atomic E-state index is 0.226. The highest BCUT2D eigenvalue weighted by Crippen LogP contribution is 2.33. The summed E-state index contributed by atoms with van der Waals surface area (Å²) in [6.07, 6.45) is 0.735. The lowest BCUT2D eigenvalue weighted by Gasteiger charge is -2.28. The Kier molecular flexibility index (Phi) is 5.71. The molecule has 27 heavy (non-hydrogen) atoms. The van der Waals surface area contributed by atoms with Crippen LogP contribution in [0.2, 0.25) is 0 Å². The molecule has 2 aromatic rings. The number of amides is 1. The molecule has 6 nitrogen and oxygen atoms in total. The third-order valence-electron chi connectivity index (χ3n) is 4.72. The summed E-state index contributed by atoms with van der Waals surface area (Å²) in [4.78, 5) is 23.2. The lowest BCUT2D eigenvalue weighted by Crippen LogP contribution is -2.41. The van der Waals surface area contributed by atoms with Crippen molar-refractivity contribution < 1.29 is 23.8 Å². The summed E-state index contributed by atoms with van der Waals surface area (Å²) in [5, 5.41) is 14.4. The number of carboxylic acid groups (broad SMARTS) is 1. The summed E-state index contributed by atoms with van der Waals surface area (Å²) in [6, 6.07) is 12.9. The van der Waals surface area contributed by atoms with Gasteiger partial charge in [0.15, 0.2) is 0 Å². The quantitative estimate of drug-likeness (QED) is 0.695. The fourth-order valence-corrected chi connectivity index (χ4v) is 3.18. The Morgan fingerprint density at radius 2 is 1.96 bits per heavy atom. The summed E-state index contributed by atoms with van der Waals surface area (Å²) in [7, 11) is 0. The van der Waals surface area contributed by atoms with Crippen molar-refractivity contribution >= 4 is 17.6 Å². The van der Waals surface area contributed by atoms with E-state index in [0.29, 0.717) is 31.0 Å². The van der Waals surface area contributed by atoms with E-state index in [1.54, 1.807) is 36.4 Å². The summed E-state index contributed by atoms with van der Waals surface area (Å²) in [5.41, 5.74) is 1.53. The number of nitrogens with one attached hydrogen (secondary N) is 2. The lowest BCUT2D eigenvalue weighted by atomic mass is 9.79. The zero-order chi connectivity index (χ0) is 19.3. The van der Waals surface area contributed by atoms with Crippen LogP contribution < -0.4 is 10.6 Å². The molecule has 0 unspecified atom stereocenters. The maximum Gasteiger partial charge on any atom is 0.322 e. The van der Waals surface area contributed by atoms with Crippen molar-refractivity contribution in [3.8, 4) is 0 Å². The first-order valence-electron chi connectivity index (χ1n) is 8.66. The number of halogens is 1. The van der Waals surface area contributed by atoms with Crippen LogP contribution in [0, 0.1) is 5.82 Å². The van der Waals surface area contributed by atoms with Crippen molar-refractivity contribution in [2.45, 2.75) is 11.8 Å². The number of carboxylic acids is 1. The van der Waals surface area contributed by atoms with Gasteiger partial charge in [-0.05, 0) is 42.3 Å². The van der Waals surface area contributed by atoms with Gasteiger partial charge >= 0.3 is 5.97 Å². The van der Waals surface area contributed by atoms with Crippen LogP contribution in [0.1, 0.15) is 22.3 Å². The maximum absolute atomic E-state index is 13.2. The molecule has 1 saturated heterocycles. The van der Waals surface area contributed by atoms with Crippen molar-refractivity contribution in [2.24, 2.45) is 0 Å². The summed E-state index contributed by atoms with van der Waals surface area (Å²) < 4.78 is 18.8. The molecule has 0 saturated carbocycles. The fraction of sp³-hybridized carbons (Fsp3) is 0.300. The van der Waals surface area contributed by atoms with Gasteiger partial charge in [0.25, 0.3) is 5.91 Å². The molecule has 1 fully saturated rings. The monoisotopic (exact) mass is 372 g/mol. The first-order chi connectivity index (χ1) is 13.0. The van der Waals surface area contributed by atoms with Gasteiger partial charge < -0.3 is 20.5 Å². The van der Waals surface area contributed by atoms with Gasteiger partial charge in [-0.25, -0.2) is 4.39 Å². The summed E-state index contributed by atoms with van der Waals surface area (Å²) in [6.45, 7) is 1.18. The molecule has 0 aromatic heterocycles. The van der Waals surface area contributed by atoms with Crippen molar-refractivity contribution in [3.05, 3.63) is 65.5 Å². The molecule has 1 atom stereocenters. The average Bonchev–Trinajstić information content (AvgIpc) is 3.15. The molecule has 0 spiro atoms. The summed E-state index contributed by atoms with van der Waals surface area (Å²) in [5.74, 6) is -1.54. The third-order valence-corrected chi connectivity index (χ3v) is 4.72. The molecule has 7 heteroatoms. The van der Waals surface area contributed by atoms with Crippen LogP contribution in [0.4, 0.5) is 10.1 Å². The minimum Gasteiger partial charge on any atom is -0.480 e. The SMILES string of the molecule is O=C(O)CNc1cccc(C(=O)NC[C@]2(c3ccc(F)cc3)CCOC2)c1. The van der Waals surface area contributed by atoms with E-state index in [1.807, 2.05) is 0 Å². The Morgan fingerprint density at radius 1 is 1.19 bits per heavy atom. The van der Waals surface area contributed by atoms with Gasteiger partial charge in [-0.2, -0.15) is 0 Å². The molecule has 0 bridgehead atoms. The van der Waals surface area contributed by atoms with E-state index in [-0.39, 0.29) is 23.7 Å². The molecule has 0 radical (unpaired) electrons. The number of rotatable bonds is 7. The zero-order valence-electron chi connectivity index (χ0n) is 14.7. The molecular formula is C20H21FN2O4. The number of hydrogen-bond acceptors (Lipinski definition) is 4. The molecule has 0 aliphatic carbocycles. The molecule has 3 N–H and O–H groups in total. The van der Waals surface area contributed by atoms with Gasteiger partial charge in [0.05, 0.1) is 6.61 Å². The number of carbonyl (C=O) groups excluding carboxylic acids is 1. The smallest absolute Gasteiger partial charge is 0.322 e. The third kappa shape index (κ3) is 4.62. The second-order valence-corrected chi connectivity index (χ2v) is 6.60. The Bertz CT molecular complexity index is 817. The first-order valence-corrected chi connectivity index (χ1v) is 8.66. The minimum atomic E-state index is -0.979. The van der Waals surface area contributed by atoms with Crippen LogP contribution in [0.15, 0.2) is 48.5 Å². The van der Waals surface area contributed by atoms with Crippen LogP contribution in [0.3, 0.4) is 0 Å².